The number of nitrogens with zero attached hydrogens (tertiary/aromatic N) is 2. The lowest BCUT2D eigenvalue weighted by Gasteiger charge is -2.31. The van der Waals surface area contributed by atoms with Gasteiger partial charge in [-0.25, -0.2) is 4.98 Å². The van der Waals surface area contributed by atoms with Crippen LogP contribution in [0.3, 0.4) is 0 Å². The van der Waals surface area contributed by atoms with E-state index in [2.05, 4.69) is 35.5 Å². The van der Waals surface area contributed by atoms with Gasteiger partial charge in [0.25, 0.3) is 11.8 Å². The van der Waals surface area contributed by atoms with Crippen LogP contribution in [0.4, 0.5) is 11.6 Å². The van der Waals surface area contributed by atoms with Crippen molar-refractivity contribution in [3.8, 4) is 5.75 Å². The number of rotatable bonds is 10. The van der Waals surface area contributed by atoms with Gasteiger partial charge in [-0.15, -0.1) is 11.3 Å². The molecule has 0 saturated carbocycles. The van der Waals surface area contributed by atoms with Crippen molar-refractivity contribution in [2.75, 3.05) is 10.6 Å². The van der Waals surface area contributed by atoms with E-state index in [-0.39, 0.29) is 30.7 Å². The minimum Gasteiger partial charge on any atom is -0.476 e. The second kappa shape index (κ2) is 11.0. The summed E-state index contributed by atoms with van der Waals surface area (Å²) < 4.78 is 7.66. The normalized spacial score (nSPS) is 14.8. The summed E-state index contributed by atoms with van der Waals surface area (Å²) in [6.07, 6.45) is 5.40. The number of carbonyl (C=O) groups is 3. The van der Waals surface area contributed by atoms with E-state index in [4.69, 9.17) is 10.5 Å². The standard InChI is InChI=1S/C28H35N5O4S/c1-6-16(7-2)13-17(8-3)22-9-10-23(38-22)25(35)32-27-31-18-14-19-21(37-28(4,5)26(36)30-19)15-20(18)33(27)12-11-24(29)34/h8-10,14-16H,6-7,11-13H2,1-5H3,(H2,29,34)(H,30,36)(H,31,32,35)/b17-8+. The Hall–Kier alpha value is -3.66. The van der Waals surface area contributed by atoms with E-state index in [1.807, 2.05) is 19.1 Å². The lowest BCUT2D eigenvalue weighted by Crippen LogP contribution is -2.45. The van der Waals surface area contributed by atoms with Crippen LogP contribution in [-0.4, -0.2) is 32.9 Å². The molecule has 4 N–H and O–H groups in total. The summed E-state index contributed by atoms with van der Waals surface area (Å²) in [6, 6.07) is 7.28. The minimum absolute atomic E-state index is 0.0678. The molecular formula is C28H35N5O4S. The molecule has 0 saturated heterocycles. The van der Waals surface area contributed by atoms with Crippen molar-refractivity contribution in [1.29, 1.82) is 0 Å². The third-order valence-corrected chi connectivity index (χ3v) is 8.13. The number of hydrogen-bond acceptors (Lipinski definition) is 6. The predicted octanol–water partition coefficient (Wildman–Crippen LogP) is 5.56. The van der Waals surface area contributed by atoms with Crippen LogP contribution in [0.2, 0.25) is 0 Å². The molecular weight excluding hydrogens is 502 g/mol. The number of allylic oxidation sites excluding steroid dienone is 2. The first kappa shape index (κ1) is 27.4. The van der Waals surface area contributed by atoms with Gasteiger partial charge in [-0.1, -0.05) is 32.8 Å². The van der Waals surface area contributed by atoms with Crippen LogP contribution in [0.1, 0.15) is 74.9 Å². The fourth-order valence-corrected chi connectivity index (χ4v) is 5.50. The Morgan fingerprint density at radius 2 is 1.95 bits per heavy atom. The third kappa shape index (κ3) is 5.60. The highest BCUT2D eigenvalue weighted by Gasteiger charge is 2.36. The van der Waals surface area contributed by atoms with Gasteiger partial charge in [-0.05, 0) is 56.9 Å². The fourth-order valence-electron chi connectivity index (χ4n) is 4.52. The van der Waals surface area contributed by atoms with E-state index in [0.29, 0.717) is 33.3 Å². The number of hydrogen-bond donors (Lipinski definition) is 3. The van der Waals surface area contributed by atoms with Crippen LogP contribution >= 0.6 is 11.3 Å². The smallest absolute Gasteiger partial charge is 0.268 e. The maximum absolute atomic E-state index is 13.3. The van der Waals surface area contributed by atoms with Gasteiger partial charge in [-0.2, -0.15) is 0 Å². The lowest BCUT2D eigenvalue weighted by molar-refractivity contribution is -0.129. The van der Waals surface area contributed by atoms with Crippen molar-refractivity contribution in [3.05, 3.63) is 40.1 Å². The molecule has 9 nitrogen and oxygen atoms in total. The molecule has 1 aliphatic heterocycles. The van der Waals surface area contributed by atoms with Gasteiger partial charge in [0.15, 0.2) is 5.60 Å². The Morgan fingerprint density at radius 3 is 2.61 bits per heavy atom. The van der Waals surface area contributed by atoms with Gasteiger partial charge in [0.1, 0.15) is 5.75 Å². The third-order valence-electron chi connectivity index (χ3n) is 6.97. The number of nitrogens with one attached hydrogen (secondary N) is 2. The topological polar surface area (TPSA) is 128 Å². The largest absolute Gasteiger partial charge is 0.476 e. The molecule has 3 heterocycles. The monoisotopic (exact) mass is 537 g/mol. The predicted molar refractivity (Wildman–Crippen MR) is 151 cm³/mol. The number of primary amides is 1. The average molecular weight is 538 g/mol. The summed E-state index contributed by atoms with van der Waals surface area (Å²) in [7, 11) is 0. The molecule has 0 unspecified atom stereocenters. The van der Waals surface area contributed by atoms with Crippen molar-refractivity contribution in [2.45, 2.75) is 72.4 Å². The zero-order valence-electron chi connectivity index (χ0n) is 22.5. The van der Waals surface area contributed by atoms with Crippen molar-refractivity contribution < 1.29 is 19.1 Å². The Balaban J connectivity index is 1.64. The van der Waals surface area contributed by atoms with E-state index in [0.717, 1.165) is 24.1 Å². The van der Waals surface area contributed by atoms with Crippen molar-refractivity contribution in [2.24, 2.45) is 11.7 Å². The molecule has 0 fully saturated rings. The maximum Gasteiger partial charge on any atom is 0.268 e. The summed E-state index contributed by atoms with van der Waals surface area (Å²) >= 11 is 1.45. The lowest BCUT2D eigenvalue weighted by atomic mass is 9.94. The maximum atomic E-state index is 13.3. The Morgan fingerprint density at radius 1 is 1.24 bits per heavy atom. The first-order valence-electron chi connectivity index (χ1n) is 13.0. The zero-order chi connectivity index (χ0) is 27.6. The number of amides is 3. The summed E-state index contributed by atoms with van der Waals surface area (Å²) in [6.45, 7) is 10.0. The van der Waals surface area contributed by atoms with Crippen LogP contribution in [0.5, 0.6) is 5.75 Å². The molecule has 38 heavy (non-hydrogen) atoms. The molecule has 0 spiro atoms. The molecule has 0 bridgehead atoms. The number of carbonyl (C=O) groups excluding carboxylic acids is 3. The zero-order valence-corrected chi connectivity index (χ0v) is 23.3. The highest BCUT2D eigenvalue weighted by atomic mass is 32.1. The summed E-state index contributed by atoms with van der Waals surface area (Å²) in [5, 5.41) is 5.76. The first-order valence-corrected chi connectivity index (χ1v) is 13.8. The molecule has 202 valence electrons. The highest BCUT2D eigenvalue weighted by molar-refractivity contribution is 7.15. The molecule has 2 aromatic heterocycles. The Labute approximate surface area is 226 Å². The average Bonchev–Trinajstić information content (AvgIpc) is 3.48. The second-order valence-electron chi connectivity index (χ2n) is 10.0. The van der Waals surface area contributed by atoms with Crippen LogP contribution in [0.15, 0.2) is 30.3 Å². The number of fused-ring (bicyclic) bond motifs is 2. The minimum atomic E-state index is -1.03. The number of anilines is 2. The van der Waals surface area contributed by atoms with E-state index in [1.54, 1.807) is 30.5 Å². The molecule has 10 heteroatoms. The van der Waals surface area contributed by atoms with Crippen LogP contribution < -0.4 is 21.1 Å². The number of nitrogens with two attached hydrogens (primary N) is 1. The second-order valence-corrected chi connectivity index (χ2v) is 11.1. The van der Waals surface area contributed by atoms with Crippen molar-refractivity contribution in [1.82, 2.24) is 9.55 Å². The number of benzene rings is 1. The van der Waals surface area contributed by atoms with Gasteiger partial charge < -0.3 is 20.4 Å². The highest BCUT2D eigenvalue weighted by Crippen LogP contribution is 2.38. The summed E-state index contributed by atoms with van der Waals surface area (Å²) in [5.41, 5.74) is 7.32. The van der Waals surface area contributed by atoms with E-state index in [9.17, 15) is 14.4 Å². The quantitative estimate of drug-likeness (QED) is 0.312. The molecule has 3 amide bonds. The Bertz CT molecular complexity index is 1410. The van der Waals surface area contributed by atoms with Gasteiger partial charge in [-0.3, -0.25) is 19.7 Å². The molecule has 0 aliphatic carbocycles. The van der Waals surface area contributed by atoms with Crippen LogP contribution in [0.25, 0.3) is 16.6 Å². The molecule has 0 atom stereocenters. The molecule has 4 rings (SSSR count). The van der Waals surface area contributed by atoms with E-state index in [1.165, 1.54) is 16.9 Å². The van der Waals surface area contributed by atoms with Gasteiger partial charge in [0.2, 0.25) is 11.9 Å². The van der Waals surface area contributed by atoms with Crippen molar-refractivity contribution >= 4 is 57.3 Å². The number of imidazole rings is 1. The van der Waals surface area contributed by atoms with E-state index < -0.39 is 11.5 Å². The number of ether oxygens (including phenoxy) is 1. The van der Waals surface area contributed by atoms with Gasteiger partial charge >= 0.3 is 0 Å². The SMILES string of the molecule is C/C=C(\CC(CC)CC)c1ccc(C(=O)Nc2nc3cc4c(cc3n2CCC(N)=O)OC(C)(C)C(=O)N4)s1. The fraction of sp³-hybridized carbons (Fsp3) is 0.429. The Kier molecular flexibility index (Phi) is 7.91. The van der Waals surface area contributed by atoms with E-state index >= 15 is 0 Å². The number of thiophene rings is 1. The van der Waals surface area contributed by atoms with Gasteiger partial charge in [0, 0.05) is 23.9 Å². The summed E-state index contributed by atoms with van der Waals surface area (Å²) in [5.74, 6) is 0.369. The summed E-state index contributed by atoms with van der Waals surface area (Å²) in [4.78, 5) is 43.5. The number of aromatic nitrogens is 2. The van der Waals surface area contributed by atoms with Crippen LogP contribution in [0, 0.1) is 5.92 Å². The number of aryl methyl sites for hydroxylation is 1. The first-order chi connectivity index (χ1) is 18.1. The molecule has 1 aliphatic rings. The van der Waals surface area contributed by atoms with Crippen LogP contribution in [-0.2, 0) is 16.1 Å². The van der Waals surface area contributed by atoms with Gasteiger partial charge in [0.05, 0.1) is 21.6 Å². The molecule has 0 radical (unpaired) electrons. The molecule has 1 aromatic carbocycles. The molecule has 3 aromatic rings. The van der Waals surface area contributed by atoms with Crippen molar-refractivity contribution in [3.63, 3.8) is 0 Å².